The van der Waals surface area contributed by atoms with Gasteiger partial charge in [-0.3, -0.25) is 14.4 Å². The van der Waals surface area contributed by atoms with E-state index < -0.39 is 0 Å². The number of hydrogen-bond donors (Lipinski definition) is 1. The van der Waals surface area contributed by atoms with Crippen molar-refractivity contribution >= 4 is 29.1 Å². The van der Waals surface area contributed by atoms with Crippen LogP contribution < -0.4 is 10.2 Å². The molecular weight excluding hydrogens is 488 g/mol. The van der Waals surface area contributed by atoms with Gasteiger partial charge in [0.05, 0.1) is 11.5 Å². The summed E-state index contributed by atoms with van der Waals surface area (Å²) in [7, 11) is 0. The second kappa shape index (κ2) is 13.6. The van der Waals surface area contributed by atoms with Crippen molar-refractivity contribution in [3.05, 3.63) is 59.7 Å². The quantitative estimate of drug-likeness (QED) is 0.461. The average molecular weight is 533 g/mol. The van der Waals surface area contributed by atoms with E-state index in [2.05, 4.69) is 17.1 Å². The van der Waals surface area contributed by atoms with Gasteiger partial charge in [0.25, 0.3) is 5.91 Å². The van der Waals surface area contributed by atoms with E-state index in [4.69, 9.17) is 0 Å². The van der Waals surface area contributed by atoms with Crippen molar-refractivity contribution in [1.29, 1.82) is 0 Å². The molecule has 1 saturated carbocycles. The van der Waals surface area contributed by atoms with Crippen LogP contribution in [0.2, 0.25) is 0 Å². The Balaban J connectivity index is 1.54. The van der Waals surface area contributed by atoms with Crippen molar-refractivity contribution < 1.29 is 14.4 Å². The summed E-state index contributed by atoms with van der Waals surface area (Å²) in [6, 6.07) is 15.8. The molecule has 7 heteroatoms. The van der Waals surface area contributed by atoms with Crippen LogP contribution >= 0.6 is 0 Å². The van der Waals surface area contributed by atoms with Crippen LogP contribution in [-0.2, 0) is 9.59 Å². The predicted molar refractivity (Wildman–Crippen MR) is 157 cm³/mol. The molecular formula is C32H44N4O3. The smallest absolute Gasteiger partial charge is 0.256 e. The Morgan fingerprint density at radius 3 is 2.28 bits per heavy atom. The third-order valence-electron chi connectivity index (χ3n) is 8.33. The molecule has 4 rings (SSSR count). The fourth-order valence-electron chi connectivity index (χ4n) is 6.01. The standard InChI is InChI=1S/C32H44N4O3/c1-4-27(24-13-8-7-9-14-24)31(38)36-20-12-19-35(21-22-36)29-18-17-26(33-30(37)25-15-10-11-16-25)23-28(29)32(39)34(5-2)6-3/h7-9,13-14,17-18,23,25,27H,4-6,10-12,15-16,19-22H2,1-3H3,(H,33,37)/t27-/m0/s1. The van der Waals surface area contributed by atoms with Crippen molar-refractivity contribution in [1.82, 2.24) is 9.80 Å². The first-order chi connectivity index (χ1) is 19.0. The van der Waals surface area contributed by atoms with Crippen LogP contribution in [0.15, 0.2) is 48.5 Å². The van der Waals surface area contributed by atoms with E-state index in [0.717, 1.165) is 56.3 Å². The number of benzene rings is 2. The van der Waals surface area contributed by atoms with Crippen molar-refractivity contribution in [2.45, 2.75) is 65.2 Å². The Morgan fingerprint density at radius 2 is 1.62 bits per heavy atom. The van der Waals surface area contributed by atoms with Crippen LogP contribution in [0, 0.1) is 5.92 Å². The summed E-state index contributed by atoms with van der Waals surface area (Å²) in [5, 5.41) is 3.07. The van der Waals surface area contributed by atoms with E-state index in [1.54, 1.807) is 0 Å². The fraction of sp³-hybridized carbons (Fsp3) is 0.531. The Morgan fingerprint density at radius 1 is 0.897 bits per heavy atom. The second-order valence-electron chi connectivity index (χ2n) is 10.7. The van der Waals surface area contributed by atoms with Gasteiger partial charge in [-0.25, -0.2) is 0 Å². The molecule has 7 nitrogen and oxygen atoms in total. The molecule has 0 spiro atoms. The lowest BCUT2D eigenvalue weighted by molar-refractivity contribution is -0.132. The summed E-state index contributed by atoms with van der Waals surface area (Å²) in [6.45, 7) is 10.0. The van der Waals surface area contributed by atoms with Crippen LogP contribution in [0.5, 0.6) is 0 Å². The Labute approximate surface area is 233 Å². The molecule has 1 saturated heterocycles. The van der Waals surface area contributed by atoms with Gasteiger partial charge in [0, 0.05) is 56.6 Å². The third-order valence-corrected chi connectivity index (χ3v) is 8.33. The van der Waals surface area contributed by atoms with E-state index in [0.29, 0.717) is 44.0 Å². The zero-order valence-corrected chi connectivity index (χ0v) is 23.8. The lowest BCUT2D eigenvalue weighted by atomic mass is 9.95. The van der Waals surface area contributed by atoms with Gasteiger partial charge >= 0.3 is 0 Å². The number of amides is 3. The molecule has 1 aliphatic carbocycles. The van der Waals surface area contributed by atoms with Gasteiger partial charge in [0.1, 0.15) is 0 Å². The molecule has 1 heterocycles. The van der Waals surface area contributed by atoms with E-state index in [1.807, 2.05) is 72.2 Å². The lowest BCUT2D eigenvalue weighted by Crippen LogP contribution is -2.38. The summed E-state index contributed by atoms with van der Waals surface area (Å²) in [4.78, 5) is 46.0. The highest BCUT2D eigenvalue weighted by Crippen LogP contribution is 2.30. The maximum absolute atomic E-state index is 13.6. The van der Waals surface area contributed by atoms with Crippen molar-refractivity contribution in [3.63, 3.8) is 0 Å². The first-order valence-corrected chi connectivity index (χ1v) is 14.8. The van der Waals surface area contributed by atoms with Gasteiger partial charge in [0.15, 0.2) is 0 Å². The minimum absolute atomic E-state index is 0.0285. The highest BCUT2D eigenvalue weighted by molar-refractivity contribution is 6.02. The second-order valence-corrected chi connectivity index (χ2v) is 10.7. The summed E-state index contributed by atoms with van der Waals surface area (Å²) >= 11 is 0. The van der Waals surface area contributed by atoms with Gasteiger partial charge in [-0.05, 0) is 63.3 Å². The Hall–Kier alpha value is -3.35. The van der Waals surface area contributed by atoms with E-state index >= 15 is 0 Å². The topological polar surface area (TPSA) is 73.0 Å². The summed E-state index contributed by atoms with van der Waals surface area (Å²) < 4.78 is 0. The lowest BCUT2D eigenvalue weighted by Gasteiger charge is -2.29. The van der Waals surface area contributed by atoms with Crippen LogP contribution in [0.1, 0.15) is 81.1 Å². The molecule has 39 heavy (non-hydrogen) atoms. The van der Waals surface area contributed by atoms with E-state index in [9.17, 15) is 14.4 Å². The molecule has 0 unspecified atom stereocenters. The number of nitrogens with zero attached hydrogens (tertiary/aromatic N) is 3. The molecule has 2 aromatic carbocycles. The van der Waals surface area contributed by atoms with Gasteiger partial charge < -0.3 is 20.0 Å². The molecule has 2 fully saturated rings. The number of rotatable bonds is 9. The largest absolute Gasteiger partial charge is 0.369 e. The molecule has 3 amide bonds. The zero-order chi connectivity index (χ0) is 27.8. The average Bonchev–Trinajstić information content (AvgIpc) is 3.40. The fourth-order valence-corrected chi connectivity index (χ4v) is 6.01. The number of carbonyl (C=O) groups excluding carboxylic acids is 3. The highest BCUT2D eigenvalue weighted by Gasteiger charge is 2.29. The molecule has 210 valence electrons. The number of anilines is 2. The van der Waals surface area contributed by atoms with Crippen molar-refractivity contribution in [2.75, 3.05) is 49.5 Å². The van der Waals surface area contributed by atoms with Crippen LogP contribution in [0.25, 0.3) is 0 Å². The van der Waals surface area contributed by atoms with Gasteiger partial charge in [-0.1, -0.05) is 50.1 Å². The van der Waals surface area contributed by atoms with Crippen molar-refractivity contribution in [2.24, 2.45) is 5.92 Å². The first kappa shape index (κ1) is 28.7. The van der Waals surface area contributed by atoms with Crippen molar-refractivity contribution in [3.8, 4) is 0 Å². The summed E-state index contributed by atoms with van der Waals surface area (Å²) in [5.74, 6) is 0.118. The van der Waals surface area contributed by atoms with Gasteiger partial charge in [-0.2, -0.15) is 0 Å². The Kier molecular flexibility index (Phi) is 10.0. The molecule has 2 aromatic rings. The maximum Gasteiger partial charge on any atom is 0.256 e. The minimum atomic E-state index is -0.139. The highest BCUT2D eigenvalue weighted by atomic mass is 16.2. The molecule has 1 N–H and O–H groups in total. The third kappa shape index (κ3) is 6.81. The van der Waals surface area contributed by atoms with Crippen LogP contribution in [-0.4, -0.2) is 66.8 Å². The SMILES string of the molecule is CC[C@H](C(=O)N1CCCN(c2ccc(NC(=O)C3CCCC3)cc2C(=O)N(CC)CC)CC1)c1ccccc1. The minimum Gasteiger partial charge on any atom is -0.369 e. The molecule has 2 aliphatic rings. The van der Waals surface area contributed by atoms with Crippen LogP contribution in [0.4, 0.5) is 11.4 Å². The zero-order valence-electron chi connectivity index (χ0n) is 23.8. The molecule has 1 aliphatic heterocycles. The summed E-state index contributed by atoms with van der Waals surface area (Å²) in [6.07, 6.45) is 5.65. The molecule has 0 aromatic heterocycles. The van der Waals surface area contributed by atoms with E-state index in [1.165, 1.54) is 0 Å². The monoisotopic (exact) mass is 532 g/mol. The van der Waals surface area contributed by atoms with Gasteiger partial charge in [0.2, 0.25) is 11.8 Å². The number of carbonyl (C=O) groups is 3. The summed E-state index contributed by atoms with van der Waals surface area (Å²) in [5.41, 5.74) is 3.22. The Bertz CT molecular complexity index is 1130. The predicted octanol–water partition coefficient (Wildman–Crippen LogP) is 5.53. The maximum atomic E-state index is 13.6. The van der Waals surface area contributed by atoms with E-state index in [-0.39, 0.29) is 29.6 Å². The van der Waals surface area contributed by atoms with Crippen LogP contribution in [0.3, 0.4) is 0 Å². The normalized spacial score (nSPS) is 17.0. The number of hydrogen-bond acceptors (Lipinski definition) is 4. The van der Waals surface area contributed by atoms with Gasteiger partial charge in [-0.15, -0.1) is 0 Å². The molecule has 1 atom stereocenters. The number of nitrogens with one attached hydrogen (secondary N) is 1. The molecule has 0 radical (unpaired) electrons. The first-order valence-electron chi connectivity index (χ1n) is 14.8. The molecule has 0 bridgehead atoms.